The minimum atomic E-state index is -0.841. The van der Waals surface area contributed by atoms with Crippen LogP contribution in [0.15, 0.2) is 47.5 Å². The zero-order chi connectivity index (χ0) is 26.6. The first-order chi connectivity index (χ1) is 18.3. The maximum Gasteiger partial charge on any atom is 0.273 e. The highest BCUT2D eigenvalue weighted by molar-refractivity contribution is 6.54. The largest absolute Gasteiger partial charge is 0.493 e. The lowest BCUT2D eigenvalue weighted by atomic mass is 9.76. The van der Waals surface area contributed by atoms with Gasteiger partial charge in [-0.1, -0.05) is 0 Å². The number of hydrogen-bond donors (Lipinski definition) is 2. The van der Waals surface area contributed by atoms with Crippen LogP contribution in [0.25, 0.3) is 0 Å². The Morgan fingerprint density at radius 3 is 2.47 bits per heavy atom. The van der Waals surface area contributed by atoms with Crippen molar-refractivity contribution in [2.24, 2.45) is 22.1 Å². The van der Waals surface area contributed by atoms with E-state index in [0.717, 1.165) is 36.3 Å². The molecule has 3 heterocycles. The van der Waals surface area contributed by atoms with Crippen LogP contribution in [0.3, 0.4) is 0 Å². The quantitative estimate of drug-likeness (QED) is 0.589. The van der Waals surface area contributed by atoms with Gasteiger partial charge in [-0.05, 0) is 67.8 Å². The Bertz CT molecular complexity index is 1380. The molecule has 1 spiro atoms. The number of nitrogens with zero attached hydrogens (tertiary/aromatic N) is 3. The average Bonchev–Trinajstić information content (AvgIpc) is 3.52. The van der Waals surface area contributed by atoms with Crippen molar-refractivity contribution in [3.63, 3.8) is 0 Å². The maximum atomic E-state index is 13.9. The van der Waals surface area contributed by atoms with E-state index in [0.29, 0.717) is 37.7 Å². The first kappa shape index (κ1) is 24.3. The number of piperidine rings is 1. The van der Waals surface area contributed by atoms with Gasteiger partial charge >= 0.3 is 0 Å². The van der Waals surface area contributed by atoms with E-state index < -0.39 is 23.3 Å². The van der Waals surface area contributed by atoms with E-state index in [9.17, 15) is 14.4 Å². The average molecular weight is 516 g/mol. The SMILES string of the molecule is CC1OCCN(c2ccc(N3CC4(CC4)C(C(=N)C(N)=O)C(=Nc4ccc5c(c4)CCO5)C3=O)cc2)C1=O. The van der Waals surface area contributed by atoms with Gasteiger partial charge in [0.25, 0.3) is 17.7 Å². The van der Waals surface area contributed by atoms with E-state index >= 15 is 0 Å². The number of hydrogen-bond acceptors (Lipinski definition) is 7. The smallest absolute Gasteiger partial charge is 0.273 e. The molecule has 0 radical (unpaired) electrons. The van der Waals surface area contributed by atoms with E-state index in [1.807, 2.05) is 36.4 Å². The molecule has 3 N–H and O–H groups in total. The standard InChI is InChI=1S/C28H29N5O5/c1-16-26(35)32(11-13-37-16)19-3-5-20(6-4-19)33-15-28(9-10-28)22(23(29)25(30)34)24(27(33)36)31-18-2-7-21-17(14-18)8-12-38-21/h2-7,14,16,22,29H,8-13,15H2,1H3,(H2,30,34). The molecule has 196 valence electrons. The summed E-state index contributed by atoms with van der Waals surface area (Å²) >= 11 is 0. The summed E-state index contributed by atoms with van der Waals surface area (Å²) in [5.74, 6) is -1.26. The highest BCUT2D eigenvalue weighted by Crippen LogP contribution is 2.56. The van der Waals surface area contributed by atoms with Crippen molar-refractivity contribution in [2.45, 2.75) is 32.3 Å². The third kappa shape index (κ3) is 4.05. The van der Waals surface area contributed by atoms with Gasteiger partial charge in [0.05, 0.1) is 24.8 Å². The number of fused-ring (bicyclic) bond motifs is 1. The summed E-state index contributed by atoms with van der Waals surface area (Å²) in [6.07, 6.45) is 1.78. The van der Waals surface area contributed by atoms with Gasteiger partial charge in [0, 0.05) is 36.3 Å². The number of nitrogens with one attached hydrogen (secondary N) is 1. The minimum absolute atomic E-state index is 0.100. The van der Waals surface area contributed by atoms with Crippen LogP contribution >= 0.6 is 0 Å². The monoisotopic (exact) mass is 515 g/mol. The molecule has 4 aliphatic rings. The molecule has 3 aliphatic heterocycles. The van der Waals surface area contributed by atoms with Crippen LogP contribution in [0.4, 0.5) is 17.1 Å². The number of ether oxygens (including phenoxy) is 2. The summed E-state index contributed by atoms with van der Waals surface area (Å²) in [6.45, 7) is 3.62. The van der Waals surface area contributed by atoms with E-state index in [4.69, 9.17) is 25.6 Å². The zero-order valence-corrected chi connectivity index (χ0v) is 21.1. The van der Waals surface area contributed by atoms with Gasteiger partial charge in [-0.2, -0.15) is 0 Å². The highest BCUT2D eigenvalue weighted by atomic mass is 16.5. The van der Waals surface area contributed by atoms with Crippen LogP contribution in [-0.2, 0) is 25.5 Å². The predicted octanol–water partition coefficient (Wildman–Crippen LogP) is 2.39. The third-order valence-corrected chi connectivity index (χ3v) is 7.96. The van der Waals surface area contributed by atoms with E-state index in [1.54, 1.807) is 22.8 Å². The molecule has 3 fully saturated rings. The van der Waals surface area contributed by atoms with Crippen molar-refractivity contribution in [1.29, 1.82) is 5.41 Å². The summed E-state index contributed by atoms with van der Waals surface area (Å²) in [7, 11) is 0. The summed E-state index contributed by atoms with van der Waals surface area (Å²) in [4.78, 5) is 46.7. The van der Waals surface area contributed by atoms with Crippen molar-refractivity contribution in [3.8, 4) is 5.75 Å². The number of rotatable bonds is 5. The summed E-state index contributed by atoms with van der Waals surface area (Å²) in [5, 5.41) is 8.50. The Balaban J connectivity index is 1.36. The maximum absolute atomic E-state index is 13.9. The Morgan fingerprint density at radius 2 is 1.79 bits per heavy atom. The van der Waals surface area contributed by atoms with Crippen LogP contribution in [-0.4, -0.2) is 61.6 Å². The van der Waals surface area contributed by atoms with Gasteiger partial charge in [0.1, 0.15) is 23.3 Å². The molecular formula is C28H29N5O5. The van der Waals surface area contributed by atoms with E-state index in [-0.39, 0.29) is 23.2 Å². The number of nitrogens with two attached hydrogens (primary N) is 1. The van der Waals surface area contributed by atoms with Crippen molar-refractivity contribution >= 4 is 46.2 Å². The van der Waals surface area contributed by atoms with Gasteiger partial charge in [0.2, 0.25) is 0 Å². The molecule has 2 atom stereocenters. The normalized spacial score (nSPS) is 24.9. The van der Waals surface area contributed by atoms with Crippen molar-refractivity contribution in [2.75, 3.05) is 36.1 Å². The molecule has 10 nitrogen and oxygen atoms in total. The Labute approximate surface area is 219 Å². The predicted molar refractivity (Wildman–Crippen MR) is 141 cm³/mol. The molecule has 2 aromatic rings. The lowest BCUT2D eigenvalue weighted by Gasteiger charge is -2.39. The fourth-order valence-corrected chi connectivity index (χ4v) is 5.72. The second-order valence-corrected chi connectivity index (χ2v) is 10.4. The van der Waals surface area contributed by atoms with Crippen molar-refractivity contribution in [3.05, 3.63) is 48.0 Å². The molecule has 10 heteroatoms. The second-order valence-electron chi connectivity index (χ2n) is 10.4. The number of morpholine rings is 1. The minimum Gasteiger partial charge on any atom is -0.493 e. The Kier molecular flexibility index (Phi) is 5.79. The fraction of sp³-hybridized carbons (Fsp3) is 0.393. The zero-order valence-electron chi connectivity index (χ0n) is 21.1. The Morgan fingerprint density at radius 1 is 1.08 bits per heavy atom. The van der Waals surface area contributed by atoms with Crippen molar-refractivity contribution in [1.82, 2.24) is 0 Å². The number of amides is 3. The molecule has 3 amide bonds. The molecule has 38 heavy (non-hydrogen) atoms. The fourth-order valence-electron chi connectivity index (χ4n) is 5.72. The van der Waals surface area contributed by atoms with Gasteiger partial charge in [-0.15, -0.1) is 0 Å². The lowest BCUT2D eigenvalue weighted by Crippen LogP contribution is -2.56. The molecule has 0 aromatic heterocycles. The first-order valence-electron chi connectivity index (χ1n) is 12.8. The van der Waals surface area contributed by atoms with E-state index in [2.05, 4.69) is 0 Å². The number of aliphatic imine (C=N–C) groups is 1. The van der Waals surface area contributed by atoms with Gasteiger partial charge < -0.3 is 25.0 Å². The van der Waals surface area contributed by atoms with Crippen LogP contribution in [0.1, 0.15) is 25.3 Å². The van der Waals surface area contributed by atoms with Crippen LogP contribution in [0, 0.1) is 16.7 Å². The molecule has 2 unspecified atom stereocenters. The van der Waals surface area contributed by atoms with Gasteiger partial charge in [-0.25, -0.2) is 4.99 Å². The number of carbonyl (C=O) groups excluding carboxylic acids is 3. The summed E-state index contributed by atoms with van der Waals surface area (Å²) < 4.78 is 11.0. The number of carbonyl (C=O) groups is 3. The Hall–Kier alpha value is -4.05. The topological polar surface area (TPSA) is 138 Å². The van der Waals surface area contributed by atoms with Crippen LogP contribution in [0.5, 0.6) is 5.75 Å². The first-order valence-corrected chi connectivity index (χ1v) is 12.8. The molecular weight excluding hydrogens is 486 g/mol. The van der Waals surface area contributed by atoms with Crippen molar-refractivity contribution < 1.29 is 23.9 Å². The second kappa shape index (κ2) is 9.05. The third-order valence-electron chi connectivity index (χ3n) is 7.96. The molecule has 1 saturated carbocycles. The van der Waals surface area contributed by atoms with Gasteiger partial charge in [-0.3, -0.25) is 19.8 Å². The summed E-state index contributed by atoms with van der Waals surface area (Å²) in [6, 6.07) is 12.8. The molecule has 2 saturated heterocycles. The summed E-state index contributed by atoms with van der Waals surface area (Å²) in [5.41, 5.74) is 7.94. The lowest BCUT2D eigenvalue weighted by molar-refractivity contribution is -0.132. The number of benzene rings is 2. The highest BCUT2D eigenvalue weighted by Gasteiger charge is 2.60. The number of anilines is 2. The van der Waals surface area contributed by atoms with Crippen LogP contribution in [0.2, 0.25) is 0 Å². The molecule has 6 rings (SSSR count). The molecule has 2 aromatic carbocycles. The molecule has 0 bridgehead atoms. The van der Waals surface area contributed by atoms with E-state index in [1.165, 1.54) is 0 Å². The number of primary amides is 1. The van der Waals surface area contributed by atoms with Gasteiger partial charge in [0.15, 0.2) is 0 Å². The molecule has 1 aliphatic carbocycles. The van der Waals surface area contributed by atoms with Crippen LogP contribution < -0.4 is 20.3 Å².